The molecule has 0 unspecified atom stereocenters. The quantitative estimate of drug-likeness (QED) is 0.386. The molecule has 1 aliphatic carbocycles. The van der Waals surface area contributed by atoms with Crippen molar-refractivity contribution in [3.63, 3.8) is 0 Å². The molecule has 3 aliphatic rings. The molecule has 0 radical (unpaired) electrons. The second kappa shape index (κ2) is 12.7. The molecule has 0 spiro atoms. The van der Waals surface area contributed by atoms with E-state index in [9.17, 15) is 9.18 Å². The minimum absolute atomic E-state index is 0.159. The predicted octanol–water partition coefficient (Wildman–Crippen LogP) is 7.37. The molecule has 5 nitrogen and oxygen atoms in total. The van der Waals surface area contributed by atoms with Gasteiger partial charge < -0.3 is 4.90 Å². The predicted molar refractivity (Wildman–Crippen MR) is 152 cm³/mol. The van der Waals surface area contributed by atoms with Crippen LogP contribution in [0, 0.1) is 18.7 Å². The number of hydrogen-bond acceptors (Lipinski definition) is 3. The average molecular weight is 517 g/mol. The molecule has 5 rings (SSSR count). The van der Waals surface area contributed by atoms with E-state index in [2.05, 4.69) is 23.2 Å². The third kappa shape index (κ3) is 6.69. The first kappa shape index (κ1) is 26.6. The lowest BCUT2D eigenvalue weighted by Crippen LogP contribution is -2.40. The fourth-order valence-electron chi connectivity index (χ4n) is 6.18. The van der Waals surface area contributed by atoms with Gasteiger partial charge in [-0.25, -0.2) is 4.39 Å². The largest absolute Gasteiger partial charge is 0.341 e. The summed E-state index contributed by atoms with van der Waals surface area (Å²) in [4.78, 5) is 20.1. The van der Waals surface area contributed by atoms with Crippen LogP contribution >= 0.6 is 0 Å². The van der Waals surface area contributed by atoms with Gasteiger partial charge in [0.1, 0.15) is 12.4 Å². The van der Waals surface area contributed by atoms with Crippen LogP contribution in [0.1, 0.15) is 87.8 Å². The molecule has 1 saturated carbocycles. The SMILES string of the molecule is Cc1cc(-c2cc(C3CCCCC3)n(CC(=O)N3CCC(CCC4=N/C=C\C=C/CC4)CC3)n2)ccc1F. The normalized spacial score (nSPS) is 21.0. The highest BCUT2D eigenvalue weighted by Gasteiger charge is 2.26. The van der Waals surface area contributed by atoms with Gasteiger partial charge in [0.2, 0.25) is 5.91 Å². The Hall–Kier alpha value is -3.02. The third-order valence-electron chi connectivity index (χ3n) is 8.57. The van der Waals surface area contributed by atoms with E-state index >= 15 is 0 Å². The number of carbonyl (C=O) groups excluding carboxylic acids is 1. The molecule has 1 aromatic carbocycles. The van der Waals surface area contributed by atoms with Crippen LogP contribution in [0.3, 0.4) is 0 Å². The Labute approximate surface area is 226 Å². The Morgan fingerprint density at radius 1 is 1.05 bits per heavy atom. The van der Waals surface area contributed by atoms with Gasteiger partial charge >= 0.3 is 0 Å². The van der Waals surface area contributed by atoms with Crippen LogP contribution in [0.15, 0.2) is 53.7 Å². The molecule has 1 aromatic heterocycles. The first-order valence-electron chi connectivity index (χ1n) is 14.6. The number of aryl methyl sites for hydroxylation is 1. The fourth-order valence-corrected chi connectivity index (χ4v) is 6.18. The third-order valence-corrected chi connectivity index (χ3v) is 8.57. The Morgan fingerprint density at radius 3 is 2.66 bits per heavy atom. The zero-order chi connectivity index (χ0) is 26.3. The average Bonchev–Trinajstić information content (AvgIpc) is 3.34. The maximum absolute atomic E-state index is 13.9. The number of rotatable bonds is 7. The number of amides is 1. The van der Waals surface area contributed by atoms with E-state index in [0.29, 0.717) is 17.4 Å². The number of aromatic nitrogens is 2. The zero-order valence-corrected chi connectivity index (χ0v) is 22.7. The number of likely N-dealkylation sites (tertiary alicyclic amines) is 1. The first-order valence-corrected chi connectivity index (χ1v) is 14.6. The van der Waals surface area contributed by atoms with Gasteiger partial charge in [0.25, 0.3) is 0 Å². The molecule has 0 atom stereocenters. The Morgan fingerprint density at radius 2 is 1.87 bits per heavy atom. The van der Waals surface area contributed by atoms with E-state index in [1.165, 1.54) is 31.0 Å². The number of hydrogen-bond donors (Lipinski definition) is 0. The van der Waals surface area contributed by atoms with Crippen LogP contribution in [0.5, 0.6) is 0 Å². The number of benzene rings is 1. The van der Waals surface area contributed by atoms with E-state index in [0.717, 1.165) is 81.4 Å². The summed E-state index contributed by atoms with van der Waals surface area (Å²) in [6.45, 7) is 3.71. The van der Waals surface area contributed by atoms with Crippen LogP contribution in [0.2, 0.25) is 0 Å². The van der Waals surface area contributed by atoms with E-state index in [1.54, 1.807) is 13.0 Å². The van der Waals surface area contributed by atoms with Gasteiger partial charge in [-0.15, -0.1) is 0 Å². The van der Waals surface area contributed by atoms with Gasteiger partial charge in [0, 0.05) is 42.2 Å². The van der Waals surface area contributed by atoms with Gasteiger partial charge in [0.05, 0.1) is 5.69 Å². The molecule has 1 saturated heterocycles. The van der Waals surface area contributed by atoms with Crippen LogP contribution in [-0.2, 0) is 11.3 Å². The highest BCUT2D eigenvalue weighted by atomic mass is 19.1. The summed E-state index contributed by atoms with van der Waals surface area (Å²) in [5.41, 5.74) is 4.82. The van der Waals surface area contributed by atoms with Crippen molar-refractivity contribution in [2.24, 2.45) is 10.9 Å². The molecule has 202 valence electrons. The smallest absolute Gasteiger partial charge is 0.244 e. The minimum Gasteiger partial charge on any atom is -0.341 e. The molecular formula is C32H41FN4O. The molecular weight excluding hydrogens is 475 g/mol. The Bertz CT molecular complexity index is 1200. The van der Waals surface area contributed by atoms with Crippen molar-refractivity contribution >= 4 is 11.6 Å². The minimum atomic E-state index is -0.203. The number of carbonyl (C=O) groups is 1. The van der Waals surface area contributed by atoms with Crippen LogP contribution in [0.25, 0.3) is 11.3 Å². The molecule has 3 heterocycles. The van der Waals surface area contributed by atoms with Crippen molar-refractivity contribution in [2.75, 3.05) is 13.1 Å². The van der Waals surface area contributed by atoms with Crippen LogP contribution in [-0.4, -0.2) is 39.4 Å². The Balaban J connectivity index is 1.21. The standard InChI is InChI=1S/C32H41FN4O/c1-24-21-27(13-15-29(24)33)30-22-31(26-9-5-4-6-10-26)37(35-30)23-32(38)36-19-16-25(17-20-36)12-14-28-11-7-2-3-8-18-34-28/h2-3,8,13,15,18,21-22,25-26H,4-7,9-12,14,16-17,19-20,23H2,1H3/b3-2-,18-8-,34-28?. The van der Waals surface area contributed by atoms with Crippen LogP contribution < -0.4 is 0 Å². The number of allylic oxidation sites excluding steroid dienone is 3. The van der Waals surface area contributed by atoms with Crippen molar-refractivity contribution < 1.29 is 9.18 Å². The van der Waals surface area contributed by atoms with Crippen LogP contribution in [0.4, 0.5) is 4.39 Å². The number of aliphatic imine (C=N–C) groups is 1. The summed E-state index contributed by atoms with van der Waals surface area (Å²) >= 11 is 0. The Kier molecular flexibility index (Phi) is 8.87. The number of nitrogens with zero attached hydrogens (tertiary/aromatic N) is 4. The molecule has 0 bridgehead atoms. The second-order valence-corrected chi connectivity index (χ2v) is 11.3. The number of piperidine rings is 1. The van der Waals surface area contributed by atoms with Gasteiger partial charge in [-0.1, -0.05) is 31.4 Å². The summed E-state index contributed by atoms with van der Waals surface area (Å²) < 4.78 is 15.8. The first-order chi connectivity index (χ1) is 18.6. The second-order valence-electron chi connectivity index (χ2n) is 11.3. The van der Waals surface area contributed by atoms with Crippen molar-refractivity contribution in [3.8, 4) is 11.3 Å². The molecule has 2 fully saturated rings. The maximum atomic E-state index is 13.9. The summed E-state index contributed by atoms with van der Waals surface area (Å²) in [5, 5.41) is 4.89. The topological polar surface area (TPSA) is 50.5 Å². The van der Waals surface area contributed by atoms with Gasteiger partial charge in [-0.3, -0.25) is 14.5 Å². The van der Waals surface area contributed by atoms with E-state index in [1.807, 2.05) is 27.9 Å². The molecule has 6 heteroatoms. The zero-order valence-electron chi connectivity index (χ0n) is 22.7. The molecule has 38 heavy (non-hydrogen) atoms. The summed E-state index contributed by atoms with van der Waals surface area (Å²) in [6, 6.07) is 7.30. The molecule has 1 amide bonds. The summed E-state index contributed by atoms with van der Waals surface area (Å²) in [6.07, 6.45) is 20.6. The lowest BCUT2D eigenvalue weighted by molar-refractivity contribution is -0.133. The van der Waals surface area contributed by atoms with Crippen molar-refractivity contribution in [3.05, 3.63) is 65.8 Å². The van der Waals surface area contributed by atoms with Gasteiger partial charge in [-0.05, 0) is 100 Å². The van der Waals surface area contributed by atoms with Crippen molar-refractivity contribution in [2.45, 2.75) is 90.0 Å². The molecule has 2 aromatic rings. The van der Waals surface area contributed by atoms with Gasteiger partial charge in [0.15, 0.2) is 0 Å². The van der Waals surface area contributed by atoms with Gasteiger partial charge in [-0.2, -0.15) is 5.10 Å². The summed E-state index contributed by atoms with van der Waals surface area (Å²) in [5.74, 6) is 1.05. The fraction of sp³-hybridized carbons (Fsp3) is 0.531. The van der Waals surface area contributed by atoms with Crippen molar-refractivity contribution in [1.82, 2.24) is 14.7 Å². The highest BCUT2D eigenvalue weighted by molar-refractivity contribution is 5.85. The highest BCUT2D eigenvalue weighted by Crippen LogP contribution is 2.35. The van der Waals surface area contributed by atoms with E-state index in [-0.39, 0.29) is 18.3 Å². The molecule has 0 N–H and O–H groups in total. The lowest BCUT2D eigenvalue weighted by Gasteiger charge is -2.32. The maximum Gasteiger partial charge on any atom is 0.244 e. The van der Waals surface area contributed by atoms with Crippen molar-refractivity contribution in [1.29, 1.82) is 0 Å². The number of halogens is 1. The lowest BCUT2D eigenvalue weighted by atomic mass is 9.86. The van der Waals surface area contributed by atoms with E-state index in [4.69, 9.17) is 5.10 Å². The molecule has 2 aliphatic heterocycles. The van der Waals surface area contributed by atoms with E-state index < -0.39 is 0 Å². The summed E-state index contributed by atoms with van der Waals surface area (Å²) in [7, 11) is 0. The monoisotopic (exact) mass is 516 g/mol.